The maximum Gasteiger partial charge on any atom is 0.235 e. The zero-order valence-electron chi connectivity index (χ0n) is 8.02. The summed E-state index contributed by atoms with van der Waals surface area (Å²) in [6.07, 6.45) is 0.995. The highest BCUT2D eigenvalue weighted by Gasteiger charge is 2.09. The first-order valence-electron chi connectivity index (χ1n) is 4.09. The molecule has 0 aliphatic heterocycles. The molecule has 0 rings (SSSR count). The van der Waals surface area contributed by atoms with Gasteiger partial charge in [-0.2, -0.15) is 0 Å². The summed E-state index contributed by atoms with van der Waals surface area (Å²) in [5, 5.41) is 10.7. The van der Waals surface area contributed by atoms with Crippen molar-refractivity contribution in [2.75, 3.05) is 38.4 Å². The zero-order valence-corrected chi connectivity index (χ0v) is 8.84. The van der Waals surface area contributed by atoms with Crippen LogP contribution in [0.15, 0.2) is 0 Å². The van der Waals surface area contributed by atoms with E-state index in [1.807, 2.05) is 0 Å². The highest BCUT2D eigenvalue weighted by atomic mass is 32.2. The van der Waals surface area contributed by atoms with Gasteiger partial charge in [0.1, 0.15) is 5.75 Å². The first-order valence-corrected chi connectivity index (χ1v) is 6.15. The van der Waals surface area contributed by atoms with E-state index in [0.717, 1.165) is 6.26 Å². The number of carbonyl (C=O) groups is 1. The summed E-state index contributed by atoms with van der Waals surface area (Å²) in [5.74, 6) is -1.05. The molecule has 6 nitrogen and oxygen atoms in total. The van der Waals surface area contributed by atoms with Crippen LogP contribution in [0.5, 0.6) is 0 Å². The Kier molecular flexibility index (Phi) is 6.43. The van der Waals surface area contributed by atoms with Crippen molar-refractivity contribution in [3.05, 3.63) is 0 Å². The monoisotopic (exact) mass is 225 g/mol. The third-order valence-corrected chi connectivity index (χ3v) is 1.98. The van der Waals surface area contributed by atoms with Crippen LogP contribution in [-0.4, -0.2) is 57.8 Å². The summed E-state index contributed by atoms with van der Waals surface area (Å²) < 4.78 is 26.2. The molecule has 84 valence electrons. The smallest absolute Gasteiger partial charge is 0.235 e. The summed E-state index contributed by atoms with van der Waals surface area (Å²) >= 11 is 0. The average Bonchev–Trinajstić information content (AvgIpc) is 2.00. The molecule has 14 heavy (non-hydrogen) atoms. The van der Waals surface area contributed by atoms with Crippen LogP contribution in [0.2, 0.25) is 0 Å². The first-order chi connectivity index (χ1) is 6.45. The van der Waals surface area contributed by atoms with Gasteiger partial charge in [-0.25, -0.2) is 8.42 Å². The number of nitrogens with one attached hydrogen (secondary N) is 1. The quantitative estimate of drug-likeness (QED) is 0.496. The molecule has 0 radical (unpaired) electrons. The van der Waals surface area contributed by atoms with Crippen molar-refractivity contribution in [2.45, 2.75) is 0 Å². The Balaban J connectivity index is 3.46. The number of rotatable bonds is 7. The number of carbonyl (C=O) groups excluding carboxylic acids is 1. The van der Waals surface area contributed by atoms with Crippen molar-refractivity contribution in [1.82, 2.24) is 5.32 Å². The molecule has 0 saturated heterocycles. The van der Waals surface area contributed by atoms with Crippen LogP contribution in [-0.2, 0) is 19.4 Å². The molecule has 0 aliphatic rings. The van der Waals surface area contributed by atoms with Crippen molar-refractivity contribution in [3.63, 3.8) is 0 Å². The molecular weight excluding hydrogens is 210 g/mol. The molecule has 0 aromatic carbocycles. The lowest BCUT2D eigenvalue weighted by Crippen LogP contribution is -2.32. The molecule has 2 N–H and O–H groups in total. The van der Waals surface area contributed by atoms with Crippen LogP contribution >= 0.6 is 0 Å². The third kappa shape index (κ3) is 9.43. The molecule has 0 heterocycles. The van der Waals surface area contributed by atoms with Crippen LogP contribution in [0.25, 0.3) is 0 Å². The van der Waals surface area contributed by atoms with Crippen LogP contribution < -0.4 is 5.32 Å². The van der Waals surface area contributed by atoms with Crippen molar-refractivity contribution in [3.8, 4) is 0 Å². The minimum atomic E-state index is -3.26. The Morgan fingerprint density at radius 3 is 2.57 bits per heavy atom. The average molecular weight is 225 g/mol. The van der Waals surface area contributed by atoms with Crippen LogP contribution in [0.3, 0.4) is 0 Å². The van der Waals surface area contributed by atoms with E-state index in [9.17, 15) is 13.2 Å². The normalized spacial score (nSPS) is 11.3. The molecule has 0 unspecified atom stereocenters. The van der Waals surface area contributed by atoms with Gasteiger partial charge in [0.15, 0.2) is 9.84 Å². The number of aliphatic hydroxyl groups excluding tert-OH is 1. The number of sulfone groups is 1. The van der Waals surface area contributed by atoms with E-state index in [1.165, 1.54) is 0 Å². The molecule has 0 spiro atoms. The van der Waals surface area contributed by atoms with Gasteiger partial charge in [0.05, 0.1) is 19.8 Å². The minimum Gasteiger partial charge on any atom is -0.394 e. The fourth-order valence-corrected chi connectivity index (χ4v) is 1.30. The molecule has 0 atom stereocenters. The molecule has 0 bridgehead atoms. The fraction of sp³-hybridized carbons (Fsp3) is 0.857. The molecule has 1 amide bonds. The largest absolute Gasteiger partial charge is 0.394 e. The van der Waals surface area contributed by atoms with Crippen LogP contribution in [0.4, 0.5) is 0 Å². The number of amides is 1. The molecule has 0 saturated carbocycles. The Hall–Kier alpha value is -0.660. The maximum absolute atomic E-state index is 10.9. The van der Waals surface area contributed by atoms with E-state index in [-0.39, 0.29) is 26.4 Å². The van der Waals surface area contributed by atoms with Gasteiger partial charge in [-0.05, 0) is 0 Å². The van der Waals surface area contributed by atoms with Gasteiger partial charge in [0, 0.05) is 12.8 Å². The summed E-state index contributed by atoms with van der Waals surface area (Å²) in [5.41, 5.74) is 0. The van der Waals surface area contributed by atoms with Gasteiger partial charge in [0.2, 0.25) is 5.91 Å². The lowest BCUT2D eigenvalue weighted by molar-refractivity contribution is -0.118. The molecular formula is C7H15NO5S. The third-order valence-electron chi connectivity index (χ3n) is 1.20. The minimum absolute atomic E-state index is 0.0721. The predicted molar refractivity (Wildman–Crippen MR) is 50.6 cm³/mol. The number of hydrogen-bond acceptors (Lipinski definition) is 5. The molecule has 7 heteroatoms. The molecule has 0 fully saturated rings. The Bertz CT molecular complexity index is 261. The van der Waals surface area contributed by atoms with Gasteiger partial charge < -0.3 is 15.2 Å². The standard InChI is InChI=1S/C7H15NO5S/c1-14(11,12)6-7(10)8-2-4-13-5-3-9/h9H,2-6H2,1H3,(H,8,10). The lowest BCUT2D eigenvalue weighted by atomic mass is 10.6. The second-order valence-electron chi connectivity index (χ2n) is 2.76. The van der Waals surface area contributed by atoms with Crippen molar-refractivity contribution in [2.24, 2.45) is 0 Å². The predicted octanol–water partition coefficient (Wildman–Crippen LogP) is -1.84. The van der Waals surface area contributed by atoms with Crippen LogP contribution in [0.1, 0.15) is 0 Å². The van der Waals surface area contributed by atoms with E-state index in [1.54, 1.807) is 0 Å². The SMILES string of the molecule is CS(=O)(=O)CC(=O)NCCOCCO. The van der Waals surface area contributed by atoms with Crippen molar-refractivity contribution >= 4 is 15.7 Å². The summed E-state index contributed by atoms with van der Waals surface area (Å²) in [7, 11) is -3.26. The highest BCUT2D eigenvalue weighted by Crippen LogP contribution is 1.81. The Labute approximate surface area is 83.2 Å². The zero-order chi connectivity index (χ0) is 11.0. The van der Waals surface area contributed by atoms with Crippen molar-refractivity contribution < 1.29 is 23.1 Å². The van der Waals surface area contributed by atoms with E-state index in [4.69, 9.17) is 9.84 Å². The van der Waals surface area contributed by atoms with E-state index in [0.29, 0.717) is 0 Å². The number of hydrogen-bond donors (Lipinski definition) is 2. The second kappa shape index (κ2) is 6.74. The van der Waals surface area contributed by atoms with E-state index in [2.05, 4.69) is 5.32 Å². The number of ether oxygens (including phenoxy) is 1. The molecule has 0 aromatic heterocycles. The van der Waals surface area contributed by atoms with E-state index < -0.39 is 21.5 Å². The maximum atomic E-state index is 10.9. The van der Waals surface area contributed by atoms with Gasteiger partial charge in [-0.1, -0.05) is 0 Å². The summed E-state index contributed by atoms with van der Waals surface area (Å²) in [6.45, 7) is 0.643. The van der Waals surface area contributed by atoms with Crippen LogP contribution in [0, 0.1) is 0 Å². The van der Waals surface area contributed by atoms with Gasteiger partial charge >= 0.3 is 0 Å². The molecule has 0 aromatic rings. The fourth-order valence-electron chi connectivity index (χ4n) is 0.718. The van der Waals surface area contributed by atoms with Crippen molar-refractivity contribution in [1.29, 1.82) is 0 Å². The number of aliphatic hydroxyl groups is 1. The van der Waals surface area contributed by atoms with Gasteiger partial charge in [0.25, 0.3) is 0 Å². The first kappa shape index (κ1) is 13.3. The van der Waals surface area contributed by atoms with Gasteiger partial charge in [-0.3, -0.25) is 4.79 Å². The van der Waals surface area contributed by atoms with Gasteiger partial charge in [-0.15, -0.1) is 0 Å². The topological polar surface area (TPSA) is 92.7 Å². The van der Waals surface area contributed by atoms with E-state index >= 15 is 0 Å². The highest BCUT2D eigenvalue weighted by molar-refractivity contribution is 7.91. The Morgan fingerprint density at radius 2 is 2.07 bits per heavy atom. The lowest BCUT2D eigenvalue weighted by Gasteiger charge is -2.04. The second-order valence-corrected chi connectivity index (χ2v) is 4.90. The summed E-state index contributed by atoms with van der Waals surface area (Å²) in [6, 6.07) is 0. The summed E-state index contributed by atoms with van der Waals surface area (Å²) in [4.78, 5) is 10.9. The molecule has 0 aliphatic carbocycles. The Morgan fingerprint density at radius 1 is 1.43 bits per heavy atom.